The zero-order valence-electron chi connectivity index (χ0n) is 14.5. The quantitative estimate of drug-likeness (QED) is 0.743. The molecule has 26 heavy (non-hydrogen) atoms. The van der Waals surface area contributed by atoms with Crippen LogP contribution in [0.25, 0.3) is 10.2 Å². The lowest BCUT2D eigenvalue weighted by Crippen LogP contribution is -2.39. The van der Waals surface area contributed by atoms with Gasteiger partial charge in [0.1, 0.15) is 4.83 Å². The summed E-state index contributed by atoms with van der Waals surface area (Å²) in [5.74, 6) is 0.0433. The summed E-state index contributed by atoms with van der Waals surface area (Å²) in [6, 6.07) is 9.68. The van der Waals surface area contributed by atoms with Crippen molar-refractivity contribution in [3.63, 3.8) is 0 Å². The van der Waals surface area contributed by atoms with E-state index in [1.54, 1.807) is 0 Å². The largest absolute Gasteiger partial charge is 0.393 e. The number of hydrogen-bond acceptors (Lipinski definition) is 4. The first kappa shape index (κ1) is 17.5. The van der Waals surface area contributed by atoms with Crippen LogP contribution in [0.5, 0.6) is 0 Å². The van der Waals surface area contributed by atoms with Crippen LogP contribution in [0.1, 0.15) is 33.8 Å². The van der Waals surface area contributed by atoms with E-state index < -0.39 is 0 Å². The number of aromatic nitrogens is 2. The normalized spacial score (nSPS) is 15.7. The van der Waals surface area contributed by atoms with E-state index in [4.69, 9.17) is 11.6 Å². The first-order chi connectivity index (χ1) is 12.5. The molecule has 1 fully saturated rings. The second-order valence-corrected chi connectivity index (χ2v) is 8.13. The molecule has 0 bridgehead atoms. The highest BCUT2D eigenvalue weighted by Gasteiger charge is 2.25. The maximum Gasteiger partial charge on any atom is 0.264 e. The van der Waals surface area contributed by atoms with Crippen molar-refractivity contribution in [3.8, 4) is 0 Å². The van der Waals surface area contributed by atoms with Gasteiger partial charge in [-0.2, -0.15) is 5.10 Å². The Morgan fingerprint density at radius 2 is 2.08 bits per heavy atom. The summed E-state index contributed by atoms with van der Waals surface area (Å²) < 4.78 is 1.92. The second-order valence-electron chi connectivity index (χ2n) is 6.69. The van der Waals surface area contributed by atoms with Gasteiger partial charge in [-0.1, -0.05) is 29.8 Å². The topological polar surface area (TPSA) is 58.4 Å². The van der Waals surface area contributed by atoms with Crippen LogP contribution in [0.3, 0.4) is 0 Å². The lowest BCUT2D eigenvalue weighted by Gasteiger charge is -2.29. The maximum atomic E-state index is 12.8. The monoisotopic (exact) mass is 389 g/mol. The third-order valence-electron chi connectivity index (χ3n) is 4.85. The highest BCUT2D eigenvalue weighted by atomic mass is 35.5. The zero-order chi connectivity index (χ0) is 18.3. The predicted octanol–water partition coefficient (Wildman–Crippen LogP) is 3.70. The summed E-state index contributed by atoms with van der Waals surface area (Å²) in [6.07, 6.45) is 1.01. The average Bonchev–Trinajstić information content (AvgIpc) is 3.19. The number of aryl methyl sites for hydroxylation is 1. The van der Waals surface area contributed by atoms with E-state index in [2.05, 4.69) is 5.10 Å². The Morgan fingerprint density at radius 3 is 2.81 bits per heavy atom. The van der Waals surface area contributed by atoms with Crippen molar-refractivity contribution in [1.29, 1.82) is 0 Å². The number of halogens is 1. The van der Waals surface area contributed by atoms with Crippen molar-refractivity contribution in [2.24, 2.45) is 0 Å². The van der Waals surface area contributed by atoms with Gasteiger partial charge in [0.05, 0.1) is 23.2 Å². The van der Waals surface area contributed by atoms with Gasteiger partial charge in [0.2, 0.25) is 0 Å². The SMILES string of the molecule is Cc1nn(Cc2ccccc2Cl)c2sc(C(=O)N3CCC(O)CC3)cc12. The number of likely N-dealkylation sites (tertiary alicyclic amines) is 1. The van der Waals surface area contributed by atoms with Crippen molar-refractivity contribution in [2.45, 2.75) is 32.4 Å². The molecular weight excluding hydrogens is 370 g/mol. The number of carbonyl (C=O) groups is 1. The minimum Gasteiger partial charge on any atom is -0.393 e. The van der Waals surface area contributed by atoms with Gasteiger partial charge in [0, 0.05) is 23.5 Å². The number of aliphatic hydroxyl groups is 1. The molecular formula is C19H20ClN3O2S. The fraction of sp³-hybridized carbons (Fsp3) is 0.368. The Bertz CT molecular complexity index is 957. The highest BCUT2D eigenvalue weighted by molar-refractivity contribution is 7.20. The van der Waals surface area contributed by atoms with Crippen molar-refractivity contribution in [3.05, 3.63) is 51.5 Å². The summed E-state index contributed by atoms with van der Waals surface area (Å²) in [7, 11) is 0. The minimum absolute atomic E-state index is 0.0433. The van der Waals surface area contributed by atoms with E-state index in [0.29, 0.717) is 37.5 Å². The summed E-state index contributed by atoms with van der Waals surface area (Å²) in [6.45, 7) is 3.76. The van der Waals surface area contributed by atoms with Gasteiger partial charge in [-0.25, -0.2) is 0 Å². The maximum absolute atomic E-state index is 12.8. The van der Waals surface area contributed by atoms with Crippen molar-refractivity contribution < 1.29 is 9.90 Å². The van der Waals surface area contributed by atoms with Gasteiger partial charge in [0.25, 0.3) is 5.91 Å². The van der Waals surface area contributed by atoms with Crippen LogP contribution >= 0.6 is 22.9 Å². The molecule has 0 spiro atoms. The molecule has 3 aromatic rings. The lowest BCUT2D eigenvalue weighted by atomic mass is 10.1. The van der Waals surface area contributed by atoms with Gasteiger partial charge >= 0.3 is 0 Å². The molecule has 136 valence electrons. The minimum atomic E-state index is -0.284. The Morgan fingerprint density at radius 1 is 1.35 bits per heavy atom. The van der Waals surface area contributed by atoms with Crippen LogP contribution in [0.15, 0.2) is 30.3 Å². The number of amides is 1. The number of hydrogen-bond donors (Lipinski definition) is 1. The van der Waals surface area contributed by atoms with Crippen LogP contribution in [-0.4, -0.2) is 44.9 Å². The summed E-state index contributed by atoms with van der Waals surface area (Å²) in [5, 5.41) is 16.0. The summed E-state index contributed by atoms with van der Waals surface area (Å²) >= 11 is 7.76. The average molecular weight is 390 g/mol. The van der Waals surface area contributed by atoms with Crippen LogP contribution in [-0.2, 0) is 6.54 Å². The third kappa shape index (κ3) is 3.24. The van der Waals surface area contributed by atoms with E-state index in [1.165, 1.54) is 11.3 Å². The van der Waals surface area contributed by atoms with Gasteiger partial charge in [-0.05, 0) is 37.5 Å². The van der Waals surface area contributed by atoms with Crippen LogP contribution in [0, 0.1) is 6.92 Å². The van der Waals surface area contributed by atoms with E-state index in [9.17, 15) is 9.90 Å². The Labute approximate surface area is 160 Å². The van der Waals surface area contributed by atoms with E-state index in [-0.39, 0.29) is 12.0 Å². The molecule has 1 aliphatic rings. The van der Waals surface area contributed by atoms with E-state index >= 15 is 0 Å². The second kappa shape index (κ2) is 7.02. The smallest absolute Gasteiger partial charge is 0.264 e. The number of fused-ring (bicyclic) bond motifs is 1. The van der Waals surface area contributed by atoms with Gasteiger partial charge in [-0.15, -0.1) is 11.3 Å². The number of carbonyl (C=O) groups excluding carboxylic acids is 1. The molecule has 0 radical (unpaired) electrons. The summed E-state index contributed by atoms with van der Waals surface area (Å²) in [4.78, 5) is 16.4. The molecule has 0 aliphatic carbocycles. The molecule has 1 amide bonds. The van der Waals surface area contributed by atoms with Crippen LogP contribution in [0.4, 0.5) is 0 Å². The molecule has 0 atom stereocenters. The van der Waals surface area contributed by atoms with E-state index in [0.717, 1.165) is 26.4 Å². The molecule has 2 aromatic heterocycles. The van der Waals surface area contributed by atoms with Crippen molar-refractivity contribution in [1.82, 2.24) is 14.7 Å². The fourth-order valence-corrected chi connectivity index (χ4v) is 4.66. The number of thiophene rings is 1. The Hall–Kier alpha value is -1.89. The number of rotatable bonds is 3. The molecule has 1 aromatic carbocycles. The number of benzene rings is 1. The lowest BCUT2D eigenvalue weighted by molar-refractivity contribution is 0.0551. The molecule has 1 aliphatic heterocycles. The molecule has 5 nitrogen and oxygen atoms in total. The van der Waals surface area contributed by atoms with Crippen LogP contribution in [0.2, 0.25) is 5.02 Å². The fourth-order valence-electron chi connectivity index (χ4n) is 3.34. The van der Waals surface area contributed by atoms with E-state index in [1.807, 2.05) is 46.8 Å². The zero-order valence-corrected chi connectivity index (χ0v) is 16.1. The summed E-state index contributed by atoms with van der Waals surface area (Å²) in [5.41, 5.74) is 1.92. The Balaban J connectivity index is 1.63. The first-order valence-corrected chi connectivity index (χ1v) is 9.90. The Kier molecular flexibility index (Phi) is 4.73. The molecule has 3 heterocycles. The first-order valence-electron chi connectivity index (χ1n) is 8.70. The standard InChI is InChI=1S/C19H20ClN3O2S/c1-12-15-10-17(18(25)22-8-6-14(24)7-9-22)26-19(15)23(21-12)11-13-4-2-3-5-16(13)20/h2-5,10,14,24H,6-9,11H2,1H3. The molecule has 7 heteroatoms. The number of aliphatic hydroxyl groups excluding tert-OH is 1. The molecule has 0 unspecified atom stereocenters. The number of piperidine rings is 1. The molecule has 1 N–H and O–H groups in total. The van der Waals surface area contributed by atoms with Gasteiger partial charge < -0.3 is 10.0 Å². The molecule has 4 rings (SSSR count). The number of nitrogens with zero attached hydrogens (tertiary/aromatic N) is 3. The predicted molar refractivity (Wildman–Crippen MR) is 104 cm³/mol. The van der Waals surface area contributed by atoms with Gasteiger partial charge in [-0.3, -0.25) is 9.48 Å². The molecule has 1 saturated heterocycles. The van der Waals surface area contributed by atoms with Crippen LogP contribution < -0.4 is 0 Å². The van der Waals surface area contributed by atoms with Crippen molar-refractivity contribution in [2.75, 3.05) is 13.1 Å². The third-order valence-corrected chi connectivity index (χ3v) is 6.35. The van der Waals surface area contributed by atoms with Gasteiger partial charge in [0.15, 0.2) is 0 Å². The highest BCUT2D eigenvalue weighted by Crippen LogP contribution is 2.31. The molecule has 0 saturated carbocycles. The van der Waals surface area contributed by atoms with Crippen molar-refractivity contribution >= 4 is 39.1 Å².